The topological polar surface area (TPSA) is 52.7 Å². The van der Waals surface area contributed by atoms with Crippen LogP contribution in [0.4, 0.5) is 16.2 Å². The maximum atomic E-state index is 12.7. The molecule has 2 aliphatic heterocycles. The van der Waals surface area contributed by atoms with Gasteiger partial charge < -0.3 is 10.2 Å². The minimum Gasteiger partial charge on any atom is -0.372 e. The fourth-order valence-electron chi connectivity index (χ4n) is 3.67. The van der Waals surface area contributed by atoms with Gasteiger partial charge in [0, 0.05) is 18.8 Å². The van der Waals surface area contributed by atoms with Gasteiger partial charge in [-0.2, -0.15) is 0 Å². The van der Waals surface area contributed by atoms with Crippen molar-refractivity contribution >= 4 is 29.4 Å². The number of aryl methyl sites for hydroxylation is 1. The molecule has 4 rings (SSSR count). The van der Waals surface area contributed by atoms with E-state index in [1.54, 1.807) is 30.3 Å². The van der Waals surface area contributed by atoms with Crippen LogP contribution < -0.4 is 15.1 Å². The summed E-state index contributed by atoms with van der Waals surface area (Å²) < 4.78 is 0. The molecule has 5 heteroatoms. The van der Waals surface area contributed by atoms with E-state index in [1.165, 1.54) is 29.8 Å². The molecule has 2 aromatic carbocycles. The van der Waals surface area contributed by atoms with Crippen LogP contribution in [-0.4, -0.2) is 25.0 Å². The first kappa shape index (κ1) is 17.3. The lowest BCUT2D eigenvalue weighted by molar-refractivity contribution is -0.113. The van der Waals surface area contributed by atoms with Crippen LogP contribution in [0.3, 0.4) is 0 Å². The van der Waals surface area contributed by atoms with E-state index in [4.69, 9.17) is 0 Å². The summed E-state index contributed by atoms with van der Waals surface area (Å²) in [5.41, 5.74) is 4.13. The highest BCUT2D eigenvalue weighted by molar-refractivity contribution is 6.28. The number of anilines is 2. The number of hydrogen-bond acceptors (Lipinski definition) is 3. The van der Waals surface area contributed by atoms with Crippen molar-refractivity contribution in [1.82, 2.24) is 5.32 Å². The molecule has 1 N–H and O–H groups in total. The molecule has 0 unspecified atom stereocenters. The molecule has 2 saturated heterocycles. The Morgan fingerprint density at radius 1 is 0.926 bits per heavy atom. The van der Waals surface area contributed by atoms with Gasteiger partial charge in [-0.1, -0.05) is 24.3 Å². The number of nitrogens with one attached hydrogen (secondary N) is 1. The molecule has 0 saturated carbocycles. The molecule has 27 heavy (non-hydrogen) atoms. The van der Waals surface area contributed by atoms with Crippen molar-refractivity contribution in [2.24, 2.45) is 0 Å². The zero-order valence-corrected chi connectivity index (χ0v) is 15.4. The summed E-state index contributed by atoms with van der Waals surface area (Å²) in [6.07, 6.45) is 5.54. The second-order valence-corrected chi connectivity index (χ2v) is 7.05. The highest BCUT2D eigenvalue weighted by Gasteiger charge is 2.34. The number of benzene rings is 2. The zero-order valence-electron chi connectivity index (χ0n) is 15.4. The molecule has 3 amide bonds. The number of piperidine rings is 1. The van der Waals surface area contributed by atoms with Crippen LogP contribution in [0.1, 0.15) is 30.4 Å². The van der Waals surface area contributed by atoms with Crippen molar-refractivity contribution in [2.75, 3.05) is 22.9 Å². The van der Waals surface area contributed by atoms with E-state index < -0.39 is 6.03 Å². The SMILES string of the molecule is Cc1cc(N2CCCCC2)ccc1/C=C1\NC(=O)N(c2ccccc2)C1=O. The van der Waals surface area contributed by atoms with Crippen LogP contribution in [-0.2, 0) is 4.79 Å². The Balaban J connectivity index is 1.58. The predicted octanol–water partition coefficient (Wildman–Crippen LogP) is 4.08. The zero-order chi connectivity index (χ0) is 18.8. The van der Waals surface area contributed by atoms with E-state index in [2.05, 4.69) is 22.3 Å². The number of carbonyl (C=O) groups excluding carboxylic acids is 2. The second kappa shape index (κ2) is 7.27. The Morgan fingerprint density at radius 3 is 2.37 bits per heavy atom. The van der Waals surface area contributed by atoms with Gasteiger partial charge in [0.05, 0.1) is 5.69 Å². The number of urea groups is 1. The molecule has 0 radical (unpaired) electrons. The van der Waals surface area contributed by atoms with E-state index in [9.17, 15) is 9.59 Å². The number of hydrogen-bond donors (Lipinski definition) is 1. The lowest BCUT2D eigenvalue weighted by Gasteiger charge is -2.29. The first-order valence-corrected chi connectivity index (χ1v) is 9.41. The Morgan fingerprint density at radius 2 is 1.67 bits per heavy atom. The van der Waals surface area contributed by atoms with Gasteiger partial charge in [0.2, 0.25) is 0 Å². The van der Waals surface area contributed by atoms with E-state index in [0.717, 1.165) is 24.2 Å². The van der Waals surface area contributed by atoms with Gasteiger partial charge in [0.15, 0.2) is 0 Å². The molecule has 2 aliphatic rings. The molecule has 0 aliphatic carbocycles. The highest BCUT2D eigenvalue weighted by atomic mass is 16.2. The van der Waals surface area contributed by atoms with Gasteiger partial charge in [-0.3, -0.25) is 4.79 Å². The van der Waals surface area contributed by atoms with Crippen molar-refractivity contribution in [2.45, 2.75) is 26.2 Å². The van der Waals surface area contributed by atoms with Gasteiger partial charge in [-0.25, -0.2) is 9.69 Å². The molecule has 2 fully saturated rings. The average molecular weight is 361 g/mol. The molecule has 0 spiro atoms. The summed E-state index contributed by atoms with van der Waals surface area (Å²) in [5, 5.41) is 2.69. The molecular weight excluding hydrogens is 338 g/mol. The molecular formula is C22H23N3O2. The molecule has 2 heterocycles. The van der Waals surface area contributed by atoms with Crippen LogP contribution in [0.2, 0.25) is 0 Å². The Kier molecular flexibility index (Phi) is 4.67. The first-order valence-electron chi connectivity index (χ1n) is 9.41. The van der Waals surface area contributed by atoms with Crippen LogP contribution in [0.15, 0.2) is 54.2 Å². The number of rotatable bonds is 3. The minimum atomic E-state index is -0.417. The third kappa shape index (κ3) is 3.45. The minimum absolute atomic E-state index is 0.303. The summed E-state index contributed by atoms with van der Waals surface area (Å²) in [4.78, 5) is 28.6. The molecule has 0 aromatic heterocycles. The smallest absolute Gasteiger partial charge is 0.333 e. The van der Waals surface area contributed by atoms with Gasteiger partial charge >= 0.3 is 6.03 Å². The van der Waals surface area contributed by atoms with Gasteiger partial charge in [-0.15, -0.1) is 0 Å². The van der Waals surface area contributed by atoms with Crippen molar-refractivity contribution in [3.05, 3.63) is 65.4 Å². The molecule has 5 nitrogen and oxygen atoms in total. The van der Waals surface area contributed by atoms with E-state index in [1.807, 2.05) is 19.1 Å². The number of para-hydroxylation sites is 1. The summed E-state index contributed by atoms with van der Waals surface area (Å²) in [7, 11) is 0. The molecule has 138 valence electrons. The van der Waals surface area contributed by atoms with E-state index >= 15 is 0 Å². The van der Waals surface area contributed by atoms with Crippen LogP contribution in [0.5, 0.6) is 0 Å². The van der Waals surface area contributed by atoms with Gasteiger partial charge in [-0.05, 0) is 67.7 Å². The Labute approximate surface area is 159 Å². The normalized spacial score (nSPS) is 18.9. The predicted molar refractivity (Wildman–Crippen MR) is 108 cm³/mol. The maximum Gasteiger partial charge on any atom is 0.333 e. The summed E-state index contributed by atoms with van der Waals surface area (Å²) in [6, 6.07) is 14.8. The Bertz CT molecular complexity index is 899. The Hall–Kier alpha value is -3.08. The molecule has 0 bridgehead atoms. The van der Waals surface area contributed by atoms with E-state index in [0.29, 0.717) is 11.4 Å². The molecule has 0 atom stereocenters. The average Bonchev–Trinajstić information content (AvgIpc) is 2.98. The lowest BCUT2D eigenvalue weighted by atomic mass is 10.0. The van der Waals surface area contributed by atoms with Crippen molar-refractivity contribution in [1.29, 1.82) is 0 Å². The third-order valence-corrected chi connectivity index (χ3v) is 5.17. The van der Waals surface area contributed by atoms with Crippen molar-refractivity contribution in [3.63, 3.8) is 0 Å². The van der Waals surface area contributed by atoms with Gasteiger partial charge in [0.25, 0.3) is 5.91 Å². The maximum absolute atomic E-state index is 12.7. The quantitative estimate of drug-likeness (QED) is 0.662. The van der Waals surface area contributed by atoms with Crippen LogP contribution in [0.25, 0.3) is 6.08 Å². The third-order valence-electron chi connectivity index (χ3n) is 5.17. The number of carbonyl (C=O) groups is 2. The van der Waals surface area contributed by atoms with Gasteiger partial charge in [0.1, 0.15) is 5.70 Å². The molecule has 2 aromatic rings. The summed E-state index contributed by atoms with van der Waals surface area (Å²) >= 11 is 0. The number of amides is 3. The summed E-state index contributed by atoms with van der Waals surface area (Å²) in [6.45, 7) is 4.23. The standard InChI is InChI=1S/C22H23N3O2/c1-16-14-19(24-12-6-3-7-13-24)11-10-17(16)15-20-21(26)25(22(27)23-20)18-8-4-2-5-9-18/h2,4-5,8-11,14-15H,3,6-7,12-13H2,1H3,(H,23,27)/b20-15-. The van der Waals surface area contributed by atoms with Crippen LogP contribution in [0, 0.1) is 6.92 Å². The lowest BCUT2D eigenvalue weighted by Crippen LogP contribution is -2.30. The fraction of sp³-hybridized carbons (Fsp3) is 0.273. The van der Waals surface area contributed by atoms with Crippen LogP contribution >= 0.6 is 0 Å². The number of imide groups is 1. The monoisotopic (exact) mass is 361 g/mol. The fourth-order valence-corrected chi connectivity index (χ4v) is 3.67. The van der Waals surface area contributed by atoms with E-state index in [-0.39, 0.29) is 5.91 Å². The highest BCUT2D eigenvalue weighted by Crippen LogP contribution is 2.26. The largest absolute Gasteiger partial charge is 0.372 e. The first-order chi connectivity index (χ1) is 13.1. The van der Waals surface area contributed by atoms with Crippen molar-refractivity contribution < 1.29 is 9.59 Å². The second-order valence-electron chi connectivity index (χ2n) is 7.05. The summed E-state index contributed by atoms with van der Waals surface area (Å²) in [5.74, 6) is -0.328. The van der Waals surface area contributed by atoms with Crippen molar-refractivity contribution in [3.8, 4) is 0 Å². The number of nitrogens with zero attached hydrogens (tertiary/aromatic N) is 2.